The lowest BCUT2D eigenvalue weighted by atomic mass is 9.85. The number of rotatable bonds is 7. The smallest absolute Gasteiger partial charge is 0.323 e. The molecule has 1 unspecified atom stereocenters. The lowest BCUT2D eigenvalue weighted by Gasteiger charge is -2.31. The van der Waals surface area contributed by atoms with E-state index in [-0.39, 0.29) is 24.1 Å². The third kappa shape index (κ3) is 4.80. The second-order valence-corrected chi connectivity index (χ2v) is 5.52. The third-order valence-electron chi connectivity index (χ3n) is 2.88. The van der Waals surface area contributed by atoms with Gasteiger partial charge in [-0.05, 0) is 18.8 Å². The number of anilines is 2. The number of hydrogen-bond donors (Lipinski definition) is 3. The number of ether oxygens (including phenoxy) is 1. The zero-order valence-corrected chi connectivity index (χ0v) is 12.9. The second-order valence-electron chi connectivity index (χ2n) is 5.52. The maximum atomic E-state index is 9.19. The number of aliphatic hydroxyl groups is 1. The minimum Gasteiger partial charge on any atom is -0.464 e. The molecule has 1 heterocycles. The van der Waals surface area contributed by atoms with E-state index >= 15 is 0 Å². The van der Waals surface area contributed by atoms with E-state index in [4.69, 9.17) is 4.74 Å². The predicted molar refractivity (Wildman–Crippen MR) is 79.1 cm³/mol. The summed E-state index contributed by atoms with van der Waals surface area (Å²) in [6.45, 7) is 8.78. The van der Waals surface area contributed by atoms with Crippen molar-refractivity contribution in [1.82, 2.24) is 15.0 Å². The van der Waals surface area contributed by atoms with Gasteiger partial charge < -0.3 is 20.5 Å². The lowest BCUT2D eigenvalue weighted by molar-refractivity contribution is 0.234. The molecule has 0 aromatic carbocycles. The van der Waals surface area contributed by atoms with Gasteiger partial charge in [0, 0.05) is 19.7 Å². The van der Waals surface area contributed by atoms with Crippen LogP contribution in [-0.4, -0.2) is 46.4 Å². The summed E-state index contributed by atoms with van der Waals surface area (Å²) in [5, 5.41) is 15.3. The van der Waals surface area contributed by atoms with Gasteiger partial charge in [0.1, 0.15) is 0 Å². The van der Waals surface area contributed by atoms with Gasteiger partial charge in [0.2, 0.25) is 11.9 Å². The third-order valence-corrected chi connectivity index (χ3v) is 2.88. The number of nitrogens with one attached hydrogen (secondary N) is 2. The molecule has 0 saturated heterocycles. The summed E-state index contributed by atoms with van der Waals surface area (Å²) in [6.07, 6.45) is 0.619. The average Bonchev–Trinajstić information content (AvgIpc) is 2.37. The van der Waals surface area contributed by atoms with Crippen LogP contribution in [0.3, 0.4) is 0 Å². The highest BCUT2D eigenvalue weighted by Gasteiger charge is 2.25. The van der Waals surface area contributed by atoms with Crippen molar-refractivity contribution in [2.75, 3.05) is 30.9 Å². The van der Waals surface area contributed by atoms with Gasteiger partial charge >= 0.3 is 6.01 Å². The summed E-state index contributed by atoms with van der Waals surface area (Å²) < 4.78 is 5.32. The van der Waals surface area contributed by atoms with Crippen molar-refractivity contribution in [2.45, 2.75) is 40.2 Å². The number of aromatic nitrogens is 3. The molecule has 0 fully saturated rings. The van der Waals surface area contributed by atoms with Gasteiger partial charge in [0.15, 0.2) is 0 Å². The summed E-state index contributed by atoms with van der Waals surface area (Å²) in [5.74, 6) is 0.892. The number of nitrogens with zero attached hydrogens (tertiary/aromatic N) is 3. The van der Waals surface area contributed by atoms with E-state index in [0.717, 1.165) is 0 Å². The van der Waals surface area contributed by atoms with Crippen LogP contribution < -0.4 is 15.4 Å². The first-order valence-corrected chi connectivity index (χ1v) is 6.84. The second kappa shape index (κ2) is 7.23. The molecule has 0 aliphatic heterocycles. The Kier molecular flexibility index (Phi) is 5.94. The van der Waals surface area contributed by atoms with E-state index in [1.165, 1.54) is 0 Å². The summed E-state index contributed by atoms with van der Waals surface area (Å²) >= 11 is 0. The van der Waals surface area contributed by atoms with Gasteiger partial charge in [-0.3, -0.25) is 0 Å². The van der Waals surface area contributed by atoms with Crippen LogP contribution in [0.1, 0.15) is 34.1 Å². The Labute approximate surface area is 120 Å². The summed E-state index contributed by atoms with van der Waals surface area (Å²) in [4.78, 5) is 12.6. The fourth-order valence-corrected chi connectivity index (χ4v) is 1.73. The molecule has 1 aromatic rings. The molecule has 1 rings (SSSR count). The van der Waals surface area contributed by atoms with Crippen LogP contribution in [0.15, 0.2) is 0 Å². The molecule has 0 radical (unpaired) electrons. The van der Waals surface area contributed by atoms with Gasteiger partial charge in [-0.25, -0.2) is 0 Å². The van der Waals surface area contributed by atoms with Crippen LogP contribution in [0.25, 0.3) is 0 Å². The van der Waals surface area contributed by atoms with E-state index in [2.05, 4.69) is 46.4 Å². The maximum Gasteiger partial charge on any atom is 0.323 e. The first kappa shape index (κ1) is 16.4. The van der Waals surface area contributed by atoms with Gasteiger partial charge in [0.05, 0.1) is 6.61 Å². The van der Waals surface area contributed by atoms with Crippen LogP contribution in [0.2, 0.25) is 0 Å². The van der Waals surface area contributed by atoms with Crippen molar-refractivity contribution < 1.29 is 9.84 Å². The fraction of sp³-hybridized carbons (Fsp3) is 0.769. The minimum atomic E-state index is -0.0268. The highest BCUT2D eigenvalue weighted by Crippen LogP contribution is 2.25. The topological polar surface area (TPSA) is 92.2 Å². The van der Waals surface area contributed by atoms with Crippen molar-refractivity contribution in [3.8, 4) is 6.01 Å². The molecule has 20 heavy (non-hydrogen) atoms. The number of aliphatic hydroxyl groups excluding tert-OH is 1. The Hall–Kier alpha value is -1.63. The van der Waals surface area contributed by atoms with Gasteiger partial charge in [0.25, 0.3) is 0 Å². The van der Waals surface area contributed by atoms with Crippen LogP contribution in [0, 0.1) is 5.41 Å². The molecule has 3 N–H and O–H groups in total. The summed E-state index contributed by atoms with van der Waals surface area (Å²) in [7, 11) is 1.74. The molecular formula is C13H25N5O2. The van der Waals surface area contributed by atoms with Gasteiger partial charge in [-0.15, -0.1) is 0 Å². The quantitative estimate of drug-likeness (QED) is 0.698. The molecule has 1 aromatic heterocycles. The van der Waals surface area contributed by atoms with Gasteiger partial charge in [-0.2, -0.15) is 15.0 Å². The molecule has 0 aliphatic rings. The first-order valence-electron chi connectivity index (χ1n) is 6.84. The van der Waals surface area contributed by atoms with E-state index in [1.54, 1.807) is 7.05 Å². The zero-order chi connectivity index (χ0) is 15.2. The monoisotopic (exact) mass is 283 g/mol. The van der Waals surface area contributed by atoms with E-state index in [1.807, 2.05) is 6.92 Å². The molecule has 114 valence electrons. The number of hydrogen-bond acceptors (Lipinski definition) is 7. The standard InChI is InChI=1S/C13H25N5O2/c1-6-20-12-17-10(14-5)16-11(18-12)15-9(7-8-19)13(2,3)4/h9,19H,6-8H2,1-5H3,(H2,14,15,16,17,18). The Balaban J connectivity index is 2.96. The molecule has 0 spiro atoms. The Morgan fingerprint density at radius 1 is 1.20 bits per heavy atom. The largest absolute Gasteiger partial charge is 0.464 e. The molecule has 7 nitrogen and oxygen atoms in total. The van der Waals surface area contributed by atoms with Crippen molar-refractivity contribution >= 4 is 11.9 Å². The first-order chi connectivity index (χ1) is 9.40. The van der Waals surface area contributed by atoms with Crippen LogP contribution in [0.4, 0.5) is 11.9 Å². The predicted octanol–water partition coefficient (Wildman–Crippen LogP) is 1.52. The fourth-order valence-electron chi connectivity index (χ4n) is 1.73. The van der Waals surface area contributed by atoms with E-state index < -0.39 is 0 Å². The normalized spacial score (nSPS) is 12.9. The molecular weight excluding hydrogens is 258 g/mol. The SMILES string of the molecule is CCOc1nc(NC)nc(NC(CCO)C(C)(C)C)n1. The molecule has 1 atom stereocenters. The zero-order valence-electron chi connectivity index (χ0n) is 12.9. The van der Waals surface area contributed by atoms with Gasteiger partial charge in [-0.1, -0.05) is 20.8 Å². The van der Waals surface area contributed by atoms with Crippen molar-refractivity contribution in [3.05, 3.63) is 0 Å². The highest BCUT2D eigenvalue weighted by atomic mass is 16.5. The molecule has 0 bridgehead atoms. The van der Waals surface area contributed by atoms with Crippen molar-refractivity contribution in [2.24, 2.45) is 5.41 Å². The Morgan fingerprint density at radius 2 is 1.85 bits per heavy atom. The highest BCUT2D eigenvalue weighted by molar-refractivity contribution is 5.36. The van der Waals surface area contributed by atoms with E-state index in [9.17, 15) is 5.11 Å². The molecule has 7 heteroatoms. The minimum absolute atomic E-state index is 0.0268. The molecule has 0 aliphatic carbocycles. The average molecular weight is 283 g/mol. The summed E-state index contributed by atoms with van der Waals surface area (Å²) in [5.41, 5.74) is -0.0268. The maximum absolute atomic E-state index is 9.19. The van der Waals surface area contributed by atoms with Crippen LogP contribution >= 0.6 is 0 Å². The molecule has 0 amide bonds. The molecule has 0 saturated carbocycles. The lowest BCUT2D eigenvalue weighted by Crippen LogP contribution is -2.35. The summed E-state index contributed by atoms with van der Waals surface area (Å²) in [6, 6.07) is 0.333. The van der Waals surface area contributed by atoms with Crippen LogP contribution in [0.5, 0.6) is 6.01 Å². The van der Waals surface area contributed by atoms with Crippen LogP contribution in [-0.2, 0) is 0 Å². The Morgan fingerprint density at radius 3 is 2.35 bits per heavy atom. The Bertz CT molecular complexity index is 420. The van der Waals surface area contributed by atoms with Crippen molar-refractivity contribution in [1.29, 1.82) is 0 Å². The van der Waals surface area contributed by atoms with Crippen molar-refractivity contribution in [3.63, 3.8) is 0 Å². The van der Waals surface area contributed by atoms with E-state index in [0.29, 0.717) is 24.9 Å².